The van der Waals surface area contributed by atoms with Crippen molar-refractivity contribution in [2.24, 2.45) is 17.8 Å². The third kappa shape index (κ3) is 10.0. The predicted molar refractivity (Wildman–Crippen MR) is 195 cm³/mol. The van der Waals surface area contributed by atoms with Gasteiger partial charge < -0.3 is 54.2 Å². The van der Waals surface area contributed by atoms with Crippen LogP contribution in [0.25, 0.3) is 0 Å². The Labute approximate surface area is 330 Å². The van der Waals surface area contributed by atoms with E-state index in [1.54, 1.807) is 21.7 Å². The normalized spacial score (nSPS) is 35.5. The van der Waals surface area contributed by atoms with Gasteiger partial charge in [0.05, 0.1) is 25.0 Å². The Morgan fingerprint density at radius 1 is 1.00 bits per heavy atom. The molecular weight excluding hydrogens is 754 g/mol. The van der Waals surface area contributed by atoms with Crippen molar-refractivity contribution in [3.63, 3.8) is 0 Å². The van der Waals surface area contributed by atoms with Gasteiger partial charge >= 0.3 is 18.1 Å². The number of urea groups is 1. The molecule has 0 spiro atoms. The largest absolute Gasteiger partial charge is 0.479 e. The van der Waals surface area contributed by atoms with E-state index in [-0.39, 0.29) is 75.2 Å². The van der Waals surface area contributed by atoms with E-state index in [9.17, 15) is 49.7 Å². The van der Waals surface area contributed by atoms with E-state index < -0.39 is 65.8 Å². The second kappa shape index (κ2) is 19.2. The van der Waals surface area contributed by atoms with Crippen LogP contribution in [0.1, 0.15) is 45.4 Å². The lowest BCUT2D eigenvalue weighted by molar-refractivity contribution is -0.544. The van der Waals surface area contributed by atoms with Crippen LogP contribution in [0.15, 0.2) is 0 Å². The molecule has 0 aromatic rings. The Kier molecular flexibility index (Phi) is 14.9. The highest BCUT2D eigenvalue weighted by Gasteiger charge is 2.51. The molecule has 6 unspecified atom stereocenters. The summed E-state index contributed by atoms with van der Waals surface area (Å²) in [6.45, 7) is 4.60. The molecule has 0 aromatic heterocycles. The summed E-state index contributed by atoms with van der Waals surface area (Å²) >= 11 is 0. The Bertz CT molecular complexity index is 1510. The van der Waals surface area contributed by atoms with Gasteiger partial charge in [0, 0.05) is 76.8 Å². The molecule has 4 heterocycles. The van der Waals surface area contributed by atoms with Gasteiger partial charge in [-0.2, -0.15) is 5.26 Å². The van der Waals surface area contributed by atoms with Gasteiger partial charge in [-0.05, 0) is 44.6 Å². The molecule has 4 amide bonds. The molecule has 5 aliphatic rings. The Morgan fingerprint density at radius 3 is 2.40 bits per heavy atom. The van der Waals surface area contributed by atoms with Crippen molar-refractivity contribution in [2.75, 3.05) is 67.1 Å². The predicted octanol–water partition coefficient (Wildman–Crippen LogP) is -1.96. The number of carbonyl (C=O) groups excluding carboxylic acids is 3. The first-order chi connectivity index (χ1) is 27.0. The zero-order chi connectivity index (χ0) is 41.7. The first-order valence-corrected chi connectivity index (χ1v) is 19.5. The van der Waals surface area contributed by atoms with Crippen LogP contribution in [0.2, 0.25) is 0 Å². The minimum absolute atomic E-state index is 0.0451. The lowest BCUT2D eigenvalue weighted by Gasteiger charge is -2.49. The highest BCUT2D eigenvalue weighted by molar-refractivity contribution is 5.78. The lowest BCUT2D eigenvalue weighted by Crippen LogP contribution is -2.68. The molecule has 22 nitrogen and oxygen atoms in total. The number of ether oxygens (including phenoxy) is 3. The van der Waals surface area contributed by atoms with E-state index in [4.69, 9.17) is 19.5 Å². The molecule has 4 saturated heterocycles. The fraction of sp³-hybridized carbons (Fsp3) is 0.857. The number of nitriles is 1. The topological polar surface area (TPSA) is 284 Å². The SMILES string of the molecule is C[C@@H]1CCN(C(=O)CC#N)C[C@@H]1N(C)C1NCNC2C1CCN2C(=O)N(C)CCN(C)C(=O)OCC1CCC(O[C@@H]2O[C@H](C(=O)O)[C@@H](O)[C@H](O)[C@H]2O)C([N+](=O)[O-])C1. The molecule has 1 saturated carbocycles. The van der Waals surface area contributed by atoms with E-state index in [1.807, 2.05) is 13.1 Å². The summed E-state index contributed by atoms with van der Waals surface area (Å²) in [5.41, 5.74) is 0. The number of carboxylic acid groups (broad SMARTS) is 1. The average Bonchev–Trinajstić information content (AvgIpc) is 3.63. The summed E-state index contributed by atoms with van der Waals surface area (Å²) in [4.78, 5) is 70.7. The van der Waals surface area contributed by atoms with Gasteiger partial charge in [-0.25, -0.2) is 14.4 Å². The molecule has 5 rings (SSSR count). The third-order valence-electron chi connectivity index (χ3n) is 12.3. The van der Waals surface area contributed by atoms with Gasteiger partial charge in [0.25, 0.3) is 0 Å². The molecule has 0 bridgehead atoms. The summed E-state index contributed by atoms with van der Waals surface area (Å²) < 4.78 is 16.2. The van der Waals surface area contributed by atoms with Crippen molar-refractivity contribution in [3.8, 4) is 6.07 Å². The van der Waals surface area contributed by atoms with E-state index >= 15 is 0 Å². The van der Waals surface area contributed by atoms with Crippen LogP contribution in [-0.4, -0.2) is 202 Å². The molecule has 6 N–H and O–H groups in total. The molecule has 0 radical (unpaired) electrons. The van der Waals surface area contributed by atoms with Crippen molar-refractivity contribution in [1.29, 1.82) is 5.26 Å². The molecule has 5 fully saturated rings. The number of fused-ring (bicyclic) bond motifs is 1. The molecule has 1 aliphatic carbocycles. The number of piperidine rings is 1. The number of carboxylic acids is 1. The maximum atomic E-state index is 13.7. The minimum atomic E-state index is -1.93. The standard InChI is InChI=1S/C35H57N9O13/c1-19-8-11-42(25(45)7-10-36)16-23(19)41(4)30-21-9-12-43(31(21)38-18-37-30)34(51)39(2)13-14-40(3)35(52)55-17-20-5-6-24(22(15-20)44(53)54)56-33-28(48)26(46)27(47)29(57-33)32(49)50/h19-24,26-31,33,37-38,46-48H,5-9,11-18H2,1-4H3,(H,49,50)/t19-,20?,21?,22?,23+,24?,26+,27+,28-,29+,30?,31?,33-/m1/s1. The van der Waals surface area contributed by atoms with Crippen LogP contribution in [0.4, 0.5) is 9.59 Å². The zero-order valence-electron chi connectivity index (χ0n) is 32.8. The van der Waals surface area contributed by atoms with E-state index in [1.165, 1.54) is 11.9 Å². The maximum absolute atomic E-state index is 13.7. The quantitative estimate of drug-likeness (QED) is 0.0921. The number of rotatable bonds is 12. The Hall–Kier alpha value is -3.95. The molecular formula is C35H57N9O13. The van der Waals surface area contributed by atoms with Crippen LogP contribution in [0.5, 0.6) is 0 Å². The van der Waals surface area contributed by atoms with E-state index in [0.29, 0.717) is 38.6 Å². The molecule has 22 heteroatoms. The van der Waals surface area contributed by atoms with Gasteiger partial charge in [-0.1, -0.05) is 6.92 Å². The number of nitro groups is 1. The molecule has 4 aliphatic heterocycles. The van der Waals surface area contributed by atoms with Gasteiger partial charge in [-0.3, -0.25) is 30.4 Å². The number of aliphatic hydroxyl groups excluding tert-OH is 3. The highest BCUT2D eigenvalue weighted by atomic mass is 16.7. The van der Waals surface area contributed by atoms with Crippen molar-refractivity contribution in [3.05, 3.63) is 10.1 Å². The molecule has 0 aromatic carbocycles. The van der Waals surface area contributed by atoms with Crippen molar-refractivity contribution < 1.29 is 58.7 Å². The van der Waals surface area contributed by atoms with E-state index in [2.05, 4.69) is 22.5 Å². The third-order valence-corrected chi connectivity index (χ3v) is 12.3. The summed E-state index contributed by atoms with van der Waals surface area (Å²) in [7, 11) is 5.23. The van der Waals surface area contributed by atoms with Crippen molar-refractivity contribution in [2.45, 2.75) is 107 Å². The maximum Gasteiger partial charge on any atom is 0.409 e. The monoisotopic (exact) mass is 811 g/mol. The van der Waals surface area contributed by atoms with Crippen LogP contribution in [-0.2, 0) is 23.8 Å². The van der Waals surface area contributed by atoms with Gasteiger partial charge in [0.1, 0.15) is 30.8 Å². The Balaban J connectivity index is 1.07. The first-order valence-electron chi connectivity index (χ1n) is 19.5. The summed E-state index contributed by atoms with van der Waals surface area (Å²) in [5, 5.41) is 67.6. The van der Waals surface area contributed by atoms with E-state index in [0.717, 1.165) is 12.8 Å². The number of hydrogen-bond donors (Lipinski definition) is 6. The Morgan fingerprint density at radius 2 is 1.72 bits per heavy atom. The second-order valence-corrected chi connectivity index (χ2v) is 15.9. The second-order valence-electron chi connectivity index (χ2n) is 15.9. The number of carbonyl (C=O) groups is 4. The van der Waals surface area contributed by atoms with Gasteiger partial charge in [-0.15, -0.1) is 0 Å². The fourth-order valence-electron chi connectivity index (χ4n) is 8.76. The van der Waals surface area contributed by atoms with Crippen LogP contribution < -0.4 is 10.6 Å². The highest BCUT2D eigenvalue weighted by Crippen LogP contribution is 2.34. The van der Waals surface area contributed by atoms with Crippen molar-refractivity contribution >= 4 is 24.0 Å². The number of aliphatic carboxylic acids is 1. The smallest absolute Gasteiger partial charge is 0.409 e. The number of aliphatic hydroxyl groups is 3. The zero-order valence-corrected chi connectivity index (χ0v) is 32.8. The number of amides is 4. The fourth-order valence-corrected chi connectivity index (χ4v) is 8.76. The van der Waals surface area contributed by atoms with Crippen LogP contribution >= 0.6 is 0 Å². The average molecular weight is 812 g/mol. The van der Waals surface area contributed by atoms with Gasteiger partial charge in [0.2, 0.25) is 11.9 Å². The van der Waals surface area contributed by atoms with Gasteiger partial charge in [0.15, 0.2) is 12.4 Å². The molecule has 13 atom stereocenters. The number of hydrogen-bond acceptors (Lipinski definition) is 16. The van der Waals surface area contributed by atoms with Crippen LogP contribution in [0, 0.1) is 39.2 Å². The number of nitrogens with one attached hydrogen (secondary N) is 2. The lowest BCUT2D eigenvalue weighted by atomic mass is 9.84. The molecule has 320 valence electrons. The number of nitrogens with zero attached hydrogens (tertiary/aromatic N) is 7. The molecule has 57 heavy (non-hydrogen) atoms. The van der Waals surface area contributed by atoms with Crippen LogP contribution in [0.3, 0.4) is 0 Å². The number of likely N-dealkylation sites (N-methyl/N-ethyl adjacent to an activating group) is 3. The first kappa shape index (κ1) is 44.2. The summed E-state index contributed by atoms with van der Waals surface area (Å²) in [5.74, 6) is -1.76. The van der Waals surface area contributed by atoms with Crippen molar-refractivity contribution in [1.82, 2.24) is 35.1 Å². The minimum Gasteiger partial charge on any atom is -0.479 e. The summed E-state index contributed by atoms with van der Waals surface area (Å²) in [6, 6.07) is 0.525. The summed E-state index contributed by atoms with van der Waals surface area (Å²) in [6.07, 6.45) is -9.57. The number of likely N-dealkylation sites (tertiary alicyclic amines) is 2.